The summed E-state index contributed by atoms with van der Waals surface area (Å²) in [6, 6.07) is 8.63. The van der Waals surface area contributed by atoms with Gasteiger partial charge in [0.15, 0.2) is 23.5 Å². The van der Waals surface area contributed by atoms with E-state index in [0.29, 0.717) is 6.04 Å². The Bertz CT molecular complexity index is 1040. The quantitative estimate of drug-likeness (QED) is 0.378. The Morgan fingerprint density at radius 2 is 2.10 bits per heavy atom. The summed E-state index contributed by atoms with van der Waals surface area (Å²) in [6.07, 6.45) is 1.75. The summed E-state index contributed by atoms with van der Waals surface area (Å²) >= 11 is 1.19. The van der Waals surface area contributed by atoms with Crippen LogP contribution in [0.15, 0.2) is 40.0 Å². The van der Waals surface area contributed by atoms with E-state index in [0.717, 1.165) is 17.0 Å². The summed E-state index contributed by atoms with van der Waals surface area (Å²) < 4.78 is 27.1. The molecule has 3 aromatic rings. The van der Waals surface area contributed by atoms with Gasteiger partial charge in [-0.05, 0) is 51.8 Å². The molecule has 1 aromatic carbocycles. The summed E-state index contributed by atoms with van der Waals surface area (Å²) in [6.45, 7) is 5.73. The fourth-order valence-corrected chi connectivity index (χ4v) is 4.04. The Labute approximate surface area is 172 Å². The Morgan fingerprint density at radius 3 is 2.83 bits per heavy atom. The summed E-state index contributed by atoms with van der Waals surface area (Å²) in [5.41, 5.74) is 2.89. The van der Waals surface area contributed by atoms with Gasteiger partial charge in [0.2, 0.25) is 0 Å². The maximum absolute atomic E-state index is 13.7. The average molecular weight is 415 g/mol. The molecule has 1 aliphatic rings. The lowest BCUT2D eigenvalue weighted by Crippen LogP contribution is -2.05. The molecule has 2 heterocycles. The second kappa shape index (κ2) is 8.02. The molecule has 8 heteroatoms. The maximum Gasteiger partial charge on any atom is 0.277 e. The van der Waals surface area contributed by atoms with Gasteiger partial charge in [0, 0.05) is 23.0 Å². The van der Waals surface area contributed by atoms with Crippen molar-refractivity contribution in [2.24, 2.45) is 0 Å². The van der Waals surface area contributed by atoms with E-state index in [2.05, 4.69) is 14.8 Å². The van der Waals surface area contributed by atoms with E-state index in [4.69, 9.17) is 9.15 Å². The van der Waals surface area contributed by atoms with Gasteiger partial charge < -0.3 is 13.7 Å². The molecule has 29 heavy (non-hydrogen) atoms. The fraction of sp³-hybridized carbons (Fsp3) is 0.381. The minimum absolute atomic E-state index is 0.0328. The molecule has 0 radical (unpaired) electrons. The van der Waals surface area contributed by atoms with E-state index in [9.17, 15) is 9.18 Å². The number of benzene rings is 1. The fourth-order valence-electron chi connectivity index (χ4n) is 3.38. The number of ether oxygens (including phenoxy) is 1. The number of ketones is 1. The maximum atomic E-state index is 13.7. The van der Waals surface area contributed by atoms with Crippen LogP contribution in [0.1, 0.15) is 59.5 Å². The van der Waals surface area contributed by atoms with Crippen molar-refractivity contribution in [3.8, 4) is 5.75 Å². The van der Waals surface area contributed by atoms with Crippen LogP contribution in [0, 0.1) is 19.7 Å². The van der Waals surface area contributed by atoms with Crippen LogP contribution in [0.3, 0.4) is 0 Å². The normalized spacial score (nSPS) is 14.8. The number of carbonyl (C=O) groups excluding carboxylic acids is 1. The van der Waals surface area contributed by atoms with Crippen LogP contribution < -0.4 is 4.74 Å². The summed E-state index contributed by atoms with van der Waals surface area (Å²) in [4.78, 5) is 12.7. The van der Waals surface area contributed by atoms with E-state index in [1.165, 1.54) is 36.7 Å². The highest BCUT2D eigenvalue weighted by Gasteiger charge is 2.28. The molecule has 4 rings (SSSR count). The van der Waals surface area contributed by atoms with Crippen LogP contribution >= 0.6 is 11.8 Å². The van der Waals surface area contributed by atoms with Gasteiger partial charge in [0.25, 0.3) is 11.1 Å². The number of aryl methyl sites for hydroxylation is 1. The van der Waals surface area contributed by atoms with E-state index in [1.807, 2.05) is 19.9 Å². The average Bonchev–Trinajstić information content (AvgIpc) is 3.32. The molecular weight excluding hydrogens is 393 g/mol. The van der Waals surface area contributed by atoms with Crippen molar-refractivity contribution < 1.29 is 18.3 Å². The van der Waals surface area contributed by atoms with Crippen molar-refractivity contribution in [2.75, 3.05) is 5.75 Å². The van der Waals surface area contributed by atoms with Gasteiger partial charge in [-0.2, -0.15) is 0 Å². The minimum Gasteiger partial charge on any atom is -0.478 e. The first-order chi connectivity index (χ1) is 13.9. The molecule has 1 saturated carbocycles. The number of halogens is 1. The largest absolute Gasteiger partial charge is 0.478 e. The van der Waals surface area contributed by atoms with Gasteiger partial charge >= 0.3 is 0 Å². The van der Waals surface area contributed by atoms with E-state index in [1.54, 1.807) is 19.1 Å². The van der Waals surface area contributed by atoms with Gasteiger partial charge in [-0.25, -0.2) is 4.39 Å². The molecule has 152 valence electrons. The van der Waals surface area contributed by atoms with Gasteiger partial charge in [0.05, 0.1) is 5.75 Å². The standard InChI is InChI=1S/C21H22FN3O3S/c1-12-10-16(13(2)25(12)15-8-9-15)18(26)11-29-21-24-23-20(28-21)14(3)27-19-7-5-4-6-17(19)22/h4-7,10,14-15H,8-9,11H2,1-3H3/t14-/m0/s1. The Balaban J connectivity index is 1.37. The summed E-state index contributed by atoms with van der Waals surface area (Å²) in [5.74, 6) is 0.135. The summed E-state index contributed by atoms with van der Waals surface area (Å²) in [5, 5.41) is 8.21. The number of nitrogens with zero attached hydrogens (tertiary/aromatic N) is 3. The van der Waals surface area contributed by atoms with Crippen LogP contribution in [0.2, 0.25) is 0 Å². The molecule has 0 amide bonds. The van der Waals surface area contributed by atoms with E-state index < -0.39 is 11.9 Å². The van der Waals surface area contributed by atoms with Crippen molar-refractivity contribution >= 4 is 17.5 Å². The van der Waals surface area contributed by atoms with Crippen LogP contribution in [0.5, 0.6) is 5.75 Å². The van der Waals surface area contributed by atoms with Crippen LogP contribution in [-0.2, 0) is 0 Å². The van der Waals surface area contributed by atoms with E-state index >= 15 is 0 Å². The zero-order chi connectivity index (χ0) is 20.5. The Morgan fingerprint density at radius 1 is 1.34 bits per heavy atom. The number of Topliss-reactive ketones (excluding diaryl/α,β-unsaturated/α-hetero) is 1. The number of carbonyl (C=O) groups is 1. The van der Waals surface area contributed by atoms with Gasteiger partial charge in [0.1, 0.15) is 0 Å². The predicted molar refractivity (Wildman–Crippen MR) is 107 cm³/mol. The molecule has 0 saturated heterocycles. The molecule has 6 nitrogen and oxygen atoms in total. The van der Waals surface area contributed by atoms with Crippen molar-refractivity contribution in [3.05, 3.63) is 59.0 Å². The smallest absolute Gasteiger partial charge is 0.277 e. The number of hydrogen-bond donors (Lipinski definition) is 0. The first kappa shape index (κ1) is 19.7. The lowest BCUT2D eigenvalue weighted by Gasteiger charge is -2.11. The lowest BCUT2D eigenvalue weighted by atomic mass is 10.2. The first-order valence-corrected chi connectivity index (χ1v) is 10.5. The molecule has 0 unspecified atom stereocenters. The second-order valence-electron chi connectivity index (χ2n) is 7.19. The minimum atomic E-state index is -0.609. The first-order valence-electron chi connectivity index (χ1n) is 9.53. The number of hydrogen-bond acceptors (Lipinski definition) is 6. The predicted octanol–water partition coefficient (Wildman–Crippen LogP) is 5.08. The SMILES string of the molecule is Cc1cc(C(=O)CSc2nnc([C@H](C)Oc3ccccc3F)o2)c(C)n1C1CC1. The van der Waals surface area contributed by atoms with E-state index in [-0.39, 0.29) is 28.4 Å². The molecule has 0 bridgehead atoms. The number of aromatic nitrogens is 3. The van der Waals surface area contributed by atoms with Crippen LogP contribution in [0.4, 0.5) is 4.39 Å². The molecule has 0 aliphatic heterocycles. The van der Waals surface area contributed by atoms with Crippen molar-refractivity contribution in [3.63, 3.8) is 0 Å². The third kappa shape index (κ3) is 4.22. The zero-order valence-electron chi connectivity index (χ0n) is 16.5. The second-order valence-corrected chi connectivity index (χ2v) is 8.12. The highest BCUT2D eigenvalue weighted by atomic mass is 32.2. The highest BCUT2D eigenvalue weighted by molar-refractivity contribution is 7.99. The highest BCUT2D eigenvalue weighted by Crippen LogP contribution is 2.38. The molecule has 1 aliphatic carbocycles. The van der Waals surface area contributed by atoms with Gasteiger partial charge in [-0.1, -0.05) is 23.9 Å². The van der Waals surface area contributed by atoms with Gasteiger partial charge in [-0.15, -0.1) is 10.2 Å². The third-order valence-corrected chi connectivity index (χ3v) is 5.75. The summed E-state index contributed by atoms with van der Waals surface area (Å²) in [7, 11) is 0. The topological polar surface area (TPSA) is 70.2 Å². The molecule has 1 atom stereocenters. The molecule has 0 spiro atoms. The van der Waals surface area contributed by atoms with Crippen molar-refractivity contribution in [1.29, 1.82) is 0 Å². The van der Waals surface area contributed by atoms with Gasteiger partial charge in [-0.3, -0.25) is 4.79 Å². The Hall–Kier alpha value is -2.61. The zero-order valence-corrected chi connectivity index (χ0v) is 17.3. The molecule has 1 fully saturated rings. The third-order valence-electron chi connectivity index (χ3n) is 4.93. The molecule has 0 N–H and O–H groups in total. The van der Waals surface area contributed by atoms with Crippen molar-refractivity contribution in [2.45, 2.75) is 51.0 Å². The number of rotatable bonds is 8. The molecular formula is C21H22FN3O3S. The van der Waals surface area contributed by atoms with Crippen molar-refractivity contribution in [1.82, 2.24) is 14.8 Å². The van der Waals surface area contributed by atoms with Crippen LogP contribution in [0.25, 0.3) is 0 Å². The lowest BCUT2D eigenvalue weighted by molar-refractivity contribution is 0.102. The van der Waals surface area contributed by atoms with Crippen LogP contribution in [-0.4, -0.2) is 26.3 Å². The monoisotopic (exact) mass is 415 g/mol. The Kier molecular flexibility index (Phi) is 5.45. The number of para-hydroxylation sites is 1. The molecule has 2 aromatic heterocycles. The number of thioether (sulfide) groups is 1.